The molecule has 1 saturated heterocycles. The topological polar surface area (TPSA) is 55.8 Å². The maximum absolute atomic E-state index is 12.4. The lowest BCUT2D eigenvalue weighted by atomic mass is 10.2. The third-order valence-electron chi connectivity index (χ3n) is 4.01. The minimum absolute atomic E-state index is 0.211. The molecule has 2 aromatic carbocycles. The molecule has 29 heavy (non-hydrogen) atoms. The van der Waals surface area contributed by atoms with E-state index in [4.69, 9.17) is 32.7 Å². The van der Waals surface area contributed by atoms with Crippen LogP contribution in [0.25, 0.3) is 6.08 Å². The van der Waals surface area contributed by atoms with Crippen molar-refractivity contribution in [3.63, 3.8) is 0 Å². The van der Waals surface area contributed by atoms with Crippen LogP contribution < -0.4 is 4.74 Å². The summed E-state index contributed by atoms with van der Waals surface area (Å²) in [6.45, 7) is 0.806. The number of benzene rings is 2. The molecule has 152 valence electrons. The molecular formula is C20H16BrCl2NO4S. The predicted octanol–water partition coefficient (Wildman–Crippen LogP) is 6.02. The van der Waals surface area contributed by atoms with Gasteiger partial charge >= 0.3 is 0 Å². The van der Waals surface area contributed by atoms with Gasteiger partial charge in [-0.05, 0) is 53.2 Å². The summed E-state index contributed by atoms with van der Waals surface area (Å²) in [6.07, 6.45) is 1.59. The van der Waals surface area contributed by atoms with Crippen LogP contribution in [-0.4, -0.2) is 36.3 Å². The fourth-order valence-electron chi connectivity index (χ4n) is 2.56. The summed E-state index contributed by atoms with van der Waals surface area (Å²) in [6, 6.07) is 11.0. The lowest BCUT2D eigenvalue weighted by molar-refractivity contribution is -0.123. The molecule has 0 atom stereocenters. The Balaban J connectivity index is 1.75. The van der Waals surface area contributed by atoms with Gasteiger partial charge in [0.2, 0.25) is 0 Å². The lowest BCUT2D eigenvalue weighted by Gasteiger charge is -2.12. The van der Waals surface area contributed by atoms with Crippen LogP contribution in [0, 0.1) is 0 Å². The number of halogens is 3. The van der Waals surface area contributed by atoms with Crippen LogP contribution in [-0.2, 0) is 16.1 Å². The first-order valence-electron chi connectivity index (χ1n) is 8.49. The van der Waals surface area contributed by atoms with Gasteiger partial charge in [0.15, 0.2) is 5.75 Å². The van der Waals surface area contributed by atoms with Gasteiger partial charge in [0.25, 0.3) is 11.1 Å². The number of amides is 2. The van der Waals surface area contributed by atoms with Crippen molar-refractivity contribution in [2.45, 2.75) is 6.61 Å². The van der Waals surface area contributed by atoms with Crippen LogP contribution in [0.1, 0.15) is 11.1 Å². The highest BCUT2D eigenvalue weighted by atomic mass is 79.9. The van der Waals surface area contributed by atoms with Crippen molar-refractivity contribution in [2.75, 3.05) is 20.3 Å². The monoisotopic (exact) mass is 515 g/mol. The van der Waals surface area contributed by atoms with Gasteiger partial charge in [0, 0.05) is 11.6 Å². The Morgan fingerprint density at radius 3 is 2.41 bits per heavy atom. The predicted molar refractivity (Wildman–Crippen MR) is 119 cm³/mol. The number of hydrogen-bond donors (Lipinski definition) is 0. The van der Waals surface area contributed by atoms with Crippen molar-refractivity contribution in [2.24, 2.45) is 0 Å². The van der Waals surface area contributed by atoms with E-state index in [9.17, 15) is 9.59 Å². The molecule has 0 bridgehead atoms. The number of thioether (sulfide) groups is 1. The third kappa shape index (κ3) is 5.55. The zero-order valence-electron chi connectivity index (χ0n) is 15.3. The van der Waals surface area contributed by atoms with E-state index in [0.29, 0.717) is 32.9 Å². The smallest absolute Gasteiger partial charge is 0.293 e. The van der Waals surface area contributed by atoms with E-state index in [0.717, 1.165) is 26.7 Å². The first-order valence-corrected chi connectivity index (χ1v) is 10.9. The maximum Gasteiger partial charge on any atom is 0.293 e. The molecule has 2 amide bonds. The summed E-state index contributed by atoms with van der Waals surface area (Å²) in [5.41, 5.74) is 1.57. The van der Waals surface area contributed by atoms with Gasteiger partial charge in [-0.15, -0.1) is 0 Å². The van der Waals surface area contributed by atoms with Crippen LogP contribution in [0.4, 0.5) is 4.79 Å². The molecule has 0 aromatic heterocycles. The molecule has 9 heteroatoms. The van der Waals surface area contributed by atoms with Crippen LogP contribution in [0.15, 0.2) is 45.8 Å². The van der Waals surface area contributed by atoms with Crippen molar-refractivity contribution in [3.05, 3.63) is 66.9 Å². The van der Waals surface area contributed by atoms with Gasteiger partial charge in [-0.2, -0.15) is 0 Å². The Morgan fingerprint density at radius 2 is 1.79 bits per heavy atom. The van der Waals surface area contributed by atoms with E-state index >= 15 is 0 Å². The van der Waals surface area contributed by atoms with Gasteiger partial charge in [-0.3, -0.25) is 14.5 Å². The molecular weight excluding hydrogens is 501 g/mol. The highest BCUT2D eigenvalue weighted by Crippen LogP contribution is 2.37. The molecule has 1 aliphatic heterocycles. The summed E-state index contributed by atoms with van der Waals surface area (Å²) in [7, 11) is 1.51. The van der Waals surface area contributed by atoms with E-state index in [1.54, 1.807) is 18.2 Å². The highest BCUT2D eigenvalue weighted by molar-refractivity contribution is 9.10. The second-order valence-corrected chi connectivity index (χ2v) is 8.78. The van der Waals surface area contributed by atoms with Crippen LogP contribution in [0.3, 0.4) is 0 Å². The van der Waals surface area contributed by atoms with Crippen molar-refractivity contribution in [3.8, 4) is 5.75 Å². The molecule has 0 spiro atoms. The van der Waals surface area contributed by atoms with Crippen molar-refractivity contribution < 1.29 is 19.1 Å². The fourth-order valence-corrected chi connectivity index (χ4v) is 4.31. The zero-order chi connectivity index (χ0) is 21.0. The van der Waals surface area contributed by atoms with Gasteiger partial charge in [-0.1, -0.05) is 51.3 Å². The number of ether oxygens (including phenoxy) is 2. The summed E-state index contributed by atoms with van der Waals surface area (Å²) in [4.78, 5) is 25.9. The summed E-state index contributed by atoms with van der Waals surface area (Å²) < 4.78 is 11.7. The second kappa shape index (κ2) is 10.00. The molecule has 3 rings (SSSR count). The lowest BCUT2D eigenvalue weighted by Crippen LogP contribution is -2.31. The quantitative estimate of drug-likeness (QED) is 0.421. The number of carbonyl (C=O) groups excluding carboxylic acids is 2. The SMILES string of the molecule is COCCN1C(=O)S/C(=C/c2cc(Cl)c(OCc3ccc(Br)cc3)c(Cl)c2)C1=O. The van der Waals surface area contributed by atoms with E-state index in [1.807, 2.05) is 24.3 Å². The molecule has 1 aliphatic rings. The number of nitrogens with zero attached hydrogens (tertiary/aromatic N) is 1. The first kappa shape index (κ1) is 22.2. The Bertz CT molecular complexity index is 942. The molecule has 0 unspecified atom stereocenters. The van der Waals surface area contributed by atoms with Crippen LogP contribution >= 0.6 is 50.9 Å². The second-order valence-electron chi connectivity index (χ2n) is 6.05. The summed E-state index contributed by atoms with van der Waals surface area (Å²) >= 11 is 16.9. The Labute approximate surface area is 191 Å². The number of methoxy groups -OCH3 is 1. The van der Waals surface area contributed by atoms with Gasteiger partial charge in [0.1, 0.15) is 6.61 Å². The van der Waals surface area contributed by atoms with Gasteiger partial charge in [-0.25, -0.2) is 0 Å². The van der Waals surface area contributed by atoms with Crippen molar-refractivity contribution >= 4 is 68.1 Å². The average molecular weight is 517 g/mol. The van der Waals surface area contributed by atoms with Gasteiger partial charge < -0.3 is 9.47 Å². The van der Waals surface area contributed by atoms with E-state index < -0.39 is 0 Å². The number of imide groups is 1. The number of rotatable bonds is 7. The molecule has 0 radical (unpaired) electrons. The highest BCUT2D eigenvalue weighted by Gasteiger charge is 2.34. The molecule has 0 saturated carbocycles. The van der Waals surface area contributed by atoms with Crippen LogP contribution in [0.5, 0.6) is 5.75 Å². The van der Waals surface area contributed by atoms with Crippen molar-refractivity contribution in [1.82, 2.24) is 4.90 Å². The summed E-state index contributed by atoms with van der Waals surface area (Å²) in [5, 5.41) is 0.309. The normalized spacial score (nSPS) is 15.4. The molecule has 0 N–H and O–H groups in total. The number of carbonyl (C=O) groups is 2. The zero-order valence-corrected chi connectivity index (χ0v) is 19.2. The molecule has 5 nitrogen and oxygen atoms in total. The fraction of sp³-hybridized carbons (Fsp3) is 0.200. The number of hydrogen-bond acceptors (Lipinski definition) is 5. The third-order valence-corrected chi connectivity index (χ3v) is 6.00. The Kier molecular flexibility index (Phi) is 7.65. The maximum atomic E-state index is 12.4. The van der Waals surface area contributed by atoms with Gasteiger partial charge in [0.05, 0.1) is 28.1 Å². The first-order chi connectivity index (χ1) is 13.9. The minimum Gasteiger partial charge on any atom is -0.486 e. The van der Waals surface area contributed by atoms with E-state index in [-0.39, 0.29) is 24.3 Å². The molecule has 1 heterocycles. The minimum atomic E-state index is -0.361. The Hall–Kier alpha value is -1.51. The van der Waals surface area contributed by atoms with Crippen molar-refractivity contribution in [1.29, 1.82) is 0 Å². The standard InChI is InChI=1S/C20H16BrCl2NO4S/c1-27-7-6-24-19(25)17(29-20(24)26)10-13-8-15(22)18(16(23)9-13)28-11-12-2-4-14(21)5-3-12/h2-5,8-10H,6-7,11H2,1H3/b17-10+. The van der Waals surface area contributed by atoms with E-state index in [1.165, 1.54) is 7.11 Å². The Morgan fingerprint density at radius 1 is 1.14 bits per heavy atom. The average Bonchev–Trinajstić information content (AvgIpc) is 2.94. The van der Waals surface area contributed by atoms with Crippen LogP contribution in [0.2, 0.25) is 10.0 Å². The largest absolute Gasteiger partial charge is 0.486 e. The summed E-state index contributed by atoms with van der Waals surface area (Å²) in [5.74, 6) is 0.00135. The molecule has 2 aromatic rings. The van der Waals surface area contributed by atoms with E-state index in [2.05, 4.69) is 15.9 Å². The molecule has 1 fully saturated rings. The molecule has 0 aliphatic carbocycles.